The van der Waals surface area contributed by atoms with Crippen molar-refractivity contribution in [1.82, 2.24) is 15.0 Å². The Hall–Kier alpha value is -3.71. The zero-order valence-electron chi connectivity index (χ0n) is 18.3. The molecule has 33 heavy (non-hydrogen) atoms. The first-order valence-corrected chi connectivity index (χ1v) is 11.3. The summed E-state index contributed by atoms with van der Waals surface area (Å²) in [6.07, 6.45) is 3.37. The minimum absolute atomic E-state index is 0.296. The lowest BCUT2D eigenvalue weighted by molar-refractivity contribution is 0.260. The Morgan fingerprint density at radius 2 is 1.85 bits per heavy atom. The number of aliphatic hydroxyl groups excluding tert-OH is 1. The lowest BCUT2D eigenvalue weighted by Crippen LogP contribution is -2.25. The van der Waals surface area contributed by atoms with Gasteiger partial charge in [-0.15, -0.1) is 0 Å². The molecular weight excluding hydrogens is 414 g/mol. The largest absolute Gasteiger partial charge is 0.457 e. The first-order chi connectivity index (χ1) is 16.2. The smallest absolute Gasteiger partial charge is 0.141 e. The van der Waals surface area contributed by atoms with E-state index in [1.807, 2.05) is 55.6 Å². The number of pyridine rings is 1. The summed E-state index contributed by atoms with van der Waals surface area (Å²) in [5, 5.41) is 13.8. The van der Waals surface area contributed by atoms with E-state index in [4.69, 9.17) is 4.74 Å². The number of nitrogens with zero attached hydrogens (tertiary/aromatic N) is 4. The number of ether oxygens (including phenoxy) is 1. The van der Waals surface area contributed by atoms with Gasteiger partial charge in [0.25, 0.3) is 0 Å². The number of rotatable bonds is 6. The van der Waals surface area contributed by atoms with Crippen LogP contribution >= 0.6 is 0 Å². The van der Waals surface area contributed by atoms with Gasteiger partial charge in [0.2, 0.25) is 0 Å². The molecule has 7 heteroatoms. The van der Waals surface area contributed by atoms with Crippen LogP contribution in [0.15, 0.2) is 67.1 Å². The molecule has 0 bridgehead atoms. The molecule has 1 aliphatic heterocycles. The van der Waals surface area contributed by atoms with Crippen molar-refractivity contribution in [3.63, 3.8) is 0 Å². The van der Waals surface area contributed by atoms with Crippen LogP contribution in [0.3, 0.4) is 0 Å². The molecule has 0 spiro atoms. The van der Waals surface area contributed by atoms with Crippen LogP contribution in [0.25, 0.3) is 10.9 Å². The molecule has 1 aliphatic carbocycles. The topological polar surface area (TPSA) is 83.4 Å². The summed E-state index contributed by atoms with van der Waals surface area (Å²) in [4.78, 5) is 15.8. The van der Waals surface area contributed by atoms with E-state index in [1.54, 1.807) is 6.33 Å². The number of aromatic nitrogens is 3. The molecule has 1 saturated heterocycles. The fourth-order valence-electron chi connectivity index (χ4n) is 4.92. The summed E-state index contributed by atoms with van der Waals surface area (Å²) >= 11 is 0. The zero-order valence-corrected chi connectivity index (χ0v) is 18.3. The van der Waals surface area contributed by atoms with E-state index in [9.17, 15) is 5.11 Å². The Labute approximate surface area is 192 Å². The molecule has 2 aromatic carbocycles. The van der Waals surface area contributed by atoms with E-state index >= 15 is 0 Å². The van der Waals surface area contributed by atoms with Gasteiger partial charge >= 0.3 is 0 Å². The molecule has 2 fully saturated rings. The van der Waals surface area contributed by atoms with Crippen LogP contribution in [0, 0.1) is 24.7 Å². The molecule has 2 N–H and O–H groups in total. The van der Waals surface area contributed by atoms with Crippen LogP contribution in [-0.4, -0.2) is 39.8 Å². The molecule has 4 aromatic rings. The molecule has 2 atom stereocenters. The van der Waals surface area contributed by atoms with Crippen LogP contribution < -0.4 is 15.0 Å². The number of anilines is 3. The fraction of sp³-hybridized carbons (Fsp3) is 0.269. The van der Waals surface area contributed by atoms with Crippen molar-refractivity contribution < 1.29 is 9.84 Å². The number of piperidine rings is 1. The average Bonchev–Trinajstić information content (AvgIpc) is 3.31. The molecule has 2 aromatic heterocycles. The van der Waals surface area contributed by atoms with Crippen LogP contribution in [0.4, 0.5) is 17.3 Å². The van der Waals surface area contributed by atoms with Crippen LogP contribution in [0.1, 0.15) is 5.56 Å². The zero-order chi connectivity index (χ0) is 22.4. The van der Waals surface area contributed by atoms with Crippen LogP contribution in [-0.2, 0) is 0 Å². The Balaban J connectivity index is 1.24. The van der Waals surface area contributed by atoms with Gasteiger partial charge in [0.15, 0.2) is 0 Å². The van der Waals surface area contributed by atoms with Crippen LogP contribution in [0.5, 0.6) is 11.5 Å². The second-order valence-electron chi connectivity index (χ2n) is 8.88. The number of hydrogen-bond donors (Lipinski definition) is 2. The van der Waals surface area contributed by atoms with Gasteiger partial charge < -0.3 is 20.1 Å². The fourth-order valence-corrected chi connectivity index (χ4v) is 4.92. The molecule has 0 amide bonds. The molecule has 6 rings (SSSR count). The predicted molar refractivity (Wildman–Crippen MR) is 128 cm³/mol. The predicted octanol–water partition coefficient (Wildman–Crippen LogP) is 4.54. The highest BCUT2D eigenvalue weighted by Crippen LogP contribution is 2.52. The van der Waals surface area contributed by atoms with Gasteiger partial charge in [0, 0.05) is 30.8 Å². The number of benzene rings is 2. The Morgan fingerprint density at radius 3 is 2.61 bits per heavy atom. The number of aliphatic hydroxyl groups is 1. The standard InChI is InChI=1S/C26H25N5O2/c1-16-9-17(7-8-24(16)33-18-5-3-2-4-6-18)30-26-19-10-25(27-11-23(19)28-15-29-26)31-12-20-21(13-31)22(20)14-32/h2-11,15,20-22,32H,12-14H2,1H3,(H,28,29,30). The summed E-state index contributed by atoms with van der Waals surface area (Å²) < 4.78 is 6.00. The lowest BCUT2D eigenvalue weighted by atomic mass is 10.2. The van der Waals surface area contributed by atoms with E-state index in [1.165, 1.54) is 0 Å². The molecule has 1 saturated carbocycles. The first-order valence-electron chi connectivity index (χ1n) is 11.3. The normalized spacial score (nSPS) is 21.2. The molecule has 0 radical (unpaired) electrons. The quantitative estimate of drug-likeness (QED) is 0.456. The maximum Gasteiger partial charge on any atom is 0.141 e. The van der Waals surface area contributed by atoms with Crippen molar-refractivity contribution in [3.8, 4) is 11.5 Å². The minimum atomic E-state index is 0.296. The summed E-state index contributed by atoms with van der Waals surface area (Å²) in [5.74, 6) is 4.98. The van der Waals surface area contributed by atoms with Gasteiger partial charge in [-0.3, -0.25) is 0 Å². The maximum atomic E-state index is 9.43. The highest BCUT2D eigenvalue weighted by molar-refractivity contribution is 5.92. The molecular formula is C26H25N5O2. The minimum Gasteiger partial charge on any atom is -0.457 e. The van der Waals surface area contributed by atoms with Gasteiger partial charge in [-0.2, -0.15) is 0 Å². The van der Waals surface area contributed by atoms with E-state index in [-0.39, 0.29) is 0 Å². The number of fused-ring (bicyclic) bond motifs is 2. The van der Waals surface area contributed by atoms with E-state index < -0.39 is 0 Å². The molecule has 166 valence electrons. The van der Waals surface area contributed by atoms with Crippen molar-refractivity contribution in [3.05, 3.63) is 72.7 Å². The van der Waals surface area contributed by atoms with Crippen molar-refractivity contribution in [2.24, 2.45) is 17.8 Å². The second-order valence-corrected chi connectivity index (χ2v) is 8.88. The van der Waals surface area contributed by atoms with Crippen LogP contribution in [0.2, 0.25) is 0 Å². The SMILES string of the molecule is Cc1cc(Nc2ncnc3cnc(N4CC5C(CO)C5C4)cc23)ccc1Oc1ccccc1. The average molecular weight is 440 g/mol. The number of para-hydroxylation sites is 1. The Bertz CT molecular complexity index is 1300. The third-order valence-corrected chi connectivity index (χ3v) is 6.82. The summed E-state index contributed by atoms with van der Waals surface area (Å²) in [6.45, 7) is 4.23. The molecule has 7 nitrogen and oxygen atoms in total. The van der Waals surface area contributed by atoms with Crippen molar-refractivity contribution in [2.45, 2.75) is 6.92 Å². The van der Waals surface area contributed by atoms with E-state index in [2.05, 4.69) is 37.3 Å². The highest BCUT2D eigenvalue weighted by atomic mass is 16.5. The van der Waals surface area contributed by atoms with Crippen molar-refractivity contribution >= 4 is 28.2 Å². The van der Waals surface area contributed by atoms with Gasteiger partial charge in [-0.05, 0) is 66.6 Å². The number of aryl methyl sites for hydroxylation is 1. The second kappa shape index (κ2) is 8.01. The monoisotopic (exact) mass is 439 g/mol. The summed E-state index contributed by atoms with van der Waals surface area (Å²) in [7, 11) is 0. The van der Waals surface area contributed by atoms with Gasteiger partial charge in [0.1, 0.15) is 29.5 Å². The lowest BCUT2D eigenvalue weighted by Gasteiger charge is -2.21. The van der Waals surface area contributed by atoms with Gasteiger partial charge in [-0.25, -0.2) is 15.0 Å². The number of hydrogen-bond acceptors (Lipinski definition) is 7. The molecule has 2 unspecified atom stereocenters. The Kier molecular flexibility index (Phi) is 4.84. The summed E-state index contributed by atoms with van der Waals surface area (Å²) in [6, 6.07) is 17.8. The van der Waals surface area contributed by atoms with Gasteiger partial charge in [0.05, 0.1) is 11.7 Å². The summed E-state index contributed by atoms with van der Waals surface area (Å²) in [5.41, 5.74) is 2.76. The first kappa shape index (κ1) is 19.9. The molecule has 2 aliphatic rings. The third-order valence-electron chi connectivity index (χ3n) is 6.82. The maximum absolute atomic E-state index is 9.43. The van der Waals surface area contributed by atoms with E-state index in [0.717, 1.165) is 58.4 Å². The molecule has 3 heterocycles. The Morgan fingerprint density at radius 1 is 1.03 bits per heavy atom. The van der Waals surface area contributed by atoms with Gasteiger partial charge in [-0.1, -0.05) is 18.2 Å². The van der Waals surface area contributed by atoms with Crippen molar-refractivity contribution in [1.29, 1.82) is 0 Å². The van der Waals surface area contributed by atoms with Crippen molar-refractivity contribution in [2.75, 3.05) is 29.9 Å². The third kappa shape index (κ3) is 3.74. The van der Waals surface area contributed by atoms with E-state index in [0.29, 0.717) is 24.4 Å². The highest BCUT2D eigenvalue weighted by Gasteiger charge is 2.55. The number of nitrogens with one attached hydrogen (secondary N) is 1.